The van der Waals surface area contributed by atoms with Crippen molar-refractivity contribution in [2.24, 2.45) is 0 Å². The predicted octanol–water partition coefficient (Wildman–Crippen LogP) is 2.08. The lowest BCUT2D eigenvalue weighted by Gasteiger charge is -2.21. The molecule has 0 saturated carbocycles. The van der Waals surface area contributed by atoms with Gasteiger partial charge in [0.05, 0.1) is 11.4 Å². The molecule has 11 heteroatoms. The van der Waals surface area contributed by atoms with Gasteiger partial charge >= 0.3 is 18.3 Å². The minimum absolute atomic E-state index is 0.412. The fourth-order valence-electron chi connectivity index (χ4n) is 2.17. The first-order chi connectivity index (χ1) is 13.0. The molecule has 0 saturated heterocycles. The van der Waals surface area contributed by atoms with Crippen molar-refractivity contribution in [3.05, 3.63) is 23.5 Å². The number of hydrogen-bond acceptors (Lipinski definition) is 6. The summed E-state index contributed by atoms with van der Waals surface area (Å²) in [6, 6.07) is 1.75. The van der Waals surface area contributed by atoms with Gasteiger partial charge in [-0.3, -0.25) is 15.6 Å². The van der Waals surface area contributed by atoms with Gasteiger partial charge in [-0.25, -0.2) is 14.4 Å². The maximum absolute atomic E-state index is 11.6. The number of pyridine rings is 1. The van der Waals surface area contributed by atoms with E-state index in [-0.39, 0.29) is 0 Å². The van der Waals surface area contributed by atoms with Crippen LogP contribution in [0.5, 0.6) is 0 Å². The molecule has 0 fully saturated rings. The summed E-state index contributed by atoms with van der Waals surface area (Å²) >= 11 is 0. The van der Waals surface area contributed by atoms with Crippen LogP contribution >= 0.6 is 0 Å². The molecule has 0 atom stereocenters. The van der Waals surface area contributed by atoms with Gasteiger partial charge in [-0.15, -0.1) is 0 Å². The Balaban J connectivity index is 2.62. The number of carbonyl (C=O) groups excluding carboxylic acids is 1. The zero-order valence-electron chi connectivity index (χ0n) is 16.3. The number of rotatable bonds is 8. The average Bonchev–Trinajstić information content (AvgIpc) is 2.51. The summed E-state index contributed by atoms with van der Waals surface area (Å²) in [5.74, 6) is 0. The molecular formula is C17H27N5O6. The van der Waals surface area contributed by atoms with Crippen molar-refractivity contribution in [2.75, 3.05) is 11.9 Å². The number of carbonyl (C=O) groups is 3. The first-order valence-electron chi connectivity index (χ1n) is 8.64. The van der Waals surface area contributed by atoms with Crippen LogP contribution in [0.15, 0.2) is 12.3 Å². The molecule has 28 heavy (non-hydrogen) atoms. The van der Waals surface area contributed by atoms with Crippen molar-refractivity contribution in [1.82, 2.24) is 20.9 Å². The second-order valence-corrected chi connectivity index (χ2v) is 6.99. The average molecular weight is 397 g/mol. The van der Waals surface area contributed by atoms with Crippen molar-refractivity contribution >= 4 is 24.0 Å². The molecule has 156 valence electrons. The standard InChI is InChI=1S/C17H27N5O6/c1-10-12(20-13(21-14(23)24)22-15(25)26)8-11(9-19-10)6-5-7-18-16(27)28-17(2,3)4/h8-9,13,20-22H,5-7H2,1-4H3,(H,18,27)(H,23,24)(H,25,26). The van der Waals surface area contributed by atoms with E-state index in [4.69, 9.17) is 14.9 Å². The molecule has 1 heterocycles. The van der Waals surface area contributed by atoms with Crippen LogP contribution in [0.3, 0.4) is 0 Å². The van der Waals surface area contributed by atoms with E-state index in [1.807, 2.05) is 10.6 Å². The highest BCUT2D eigenvalue weighted by atomic mass is 16.6. The minimum atomic E-state index is -1.39. The SMILES string of the molecule is Cc1ncc(CCCNC(=O)OC(C)(C)C)cc1NC(NC(=O)O)NC(=O)O. The van der Waals surface area contributed by atoms with Crippen molar-refractivity contribution in [3.63, 3.8) is 0 Å². The molecule has 0 aliphatic heterocycles. The zero-order valence-corrected chi connectivity index (χ0v) is 16.3. The highest BCUT2D eigenvalue weighted by Gasteiger charge is 2.16. The lowest BCUT2D eigenvalue weighted by Crippen LogP contribution is -2.52. The summed E-state index contributed by atoms with van der Waals surface area (Å²) in [6.45, 7) is 7.46. The van der Waals surface area contributed by atoms with Gasteiger partial charge in [0.15, 0.2) is 6.29 Å². The van der Waals surface area contributed by atoms with Crippen LogP contribution in [0, 0.1) is 6.92 Å². The van der Waals surface area contributed by atoms with E-state index in [1.54, 1.807) is 40.0 Å². The lowest BCUT2D eigenvalue weighted by molar-refractivity contribution is 0.0527. The molecule has 1 aromatic heterocycles. The molecule has 0 radical (unpaired) electrons. The molecule has 0 unspecified atom stereocenters. The summed E-state index contributed by atoms with van der Waals surface area (Å²) in [5.41, 5.74) is 1.32. The Morgan fingerprint density at radius 2 is 1.79 bits per heavy atom. The van der Waals surface area contributed by atoms with E-state index in [0.717, 1.165) is 5.56 Å². The third-order valence-electron chi connectivity index (χ3n) is 3.29. The molecule has 0 aliphatic rings. The molecule has 0 aromatic carbocycles. The number of ether oxygens (including phenoxy) is 1. The van der Waals surface area contributed by atoms with Crippen molar-refractivity contribution in [3.8, 4) is 0 Å². The summed E-state index contributed by atoms with van der Waals surface area (Å²) in [4.78, 5) is 37.4. The smallest absolute Gasteiger partial charge is 0.407 e. The van der Waals surface area contributed by atoms with Gasteiger partial charge in [-0.05, 0) is 52.2 Å². The van der Waals surface area contributed by atoms with Crippen molar-refractivity contribution in [1.29, 1.82) is 0 Å². The first kappa shape index (κ1) is 22.8. The third-order valence-corrected chi connectivity index (χ3v) is 3.29. The number of aromatic nitrogens is 1. The Labute approximate surface area is 162 Å². The van der Waals surface area contributed by atoms with Gasteiger partial charge in [0, 0.05) is 12.7 Å². The second-order valence-electron chi connectivity index (χ2n) is 6.99. The number of carboxylic acid groups (broad SMARTS) is 2. The number of nitrogens with zero attached hydrogens (tertiary/aromatic N) is 1. The zero-order chi connectivity index (χ0) is 21.3. The summed E-state index contributed by atoms with van der Waals surface area (Å²) < 4.78 is 5.15. The van der Waals surface area contributed by atoms with Crippen LogP contribution in [0.4, 0.5) is 20.1 Å². The topological polar surface area (TPSA) is 162 Å². The molecule has 0 bridgehead atoms. The highest BCUT2D eigenvalue weighted by molar-refractivity contribution is 5.69. The maximum Gasteiger partial charge on any atom is 0.407 e. The largest absolute Gasteiger partial charge is 0.465 e. The Morgan fingerprint density at radius 3 is 2.32 bits per heavy atom. The first-order valence-corrected chi connectivity index (χ1v) is 8.64. The summed E-state index contributed by atoms with van der Waals surface area (Å²) in [5, 5.41) is 27.1. The predicted molar refractivity (Wildman–Crippen MR) is 101 cm³/mol. The van der Waals surface area contributed by atoms with Gasteiger partial charge in [-0.2, -0.15) is 0 Å². The fraction of sp³-hybridized carbons (Fsp3) is 0.529. The quantitative estimate of drug-likeness (QED) is 0.287. The number of hydrogen-bond donors (Lipinski definition) is 6. The molecular weight excluding hydrogens is 370 g/mol. The van der Waals surface area contributed by atoms with Crippen molar-refractivity contribution in [2.45, 2.75) is 52.4 Å². The van der Waals surface area contributed by atoms with E-state index in [2.05, 4.69) is 15.6 Å². The fourth-order valence-corrected chi connectivity index (χ4v) is 2.17. The summed E-state index contributed by atoms with van der Waals surface area (Å²) in [7, 11) is 0. The lowest BCUT2D eigenvalue weighted by atomic mass is 10.1. The summed E-state index contributed by atoms with van der Waals surface area (Å²) in [6.07, 6.45) is -1.60. The number of alkyl carbamates (subject to hydrolysis) is 1. The Bertz CT molecular complexity index is 688. The van der Waals surface area contributed by atoms with Gasteiger partial charge in [0.25, 0.3) is 0 Å². The minimum Gasteiger partial charge on any atom is -0.465 e. The molecule has 0 aliphatic carbocycles. The van der Waals surface area contributed by atoms with Crippen molar-refractivity contribution < 1.29 is 29.3 Å². The van der Waals surface area contributed by atoms with Crippen LogP contribution in [-0.2, 0) is 11.2 Å². The maximum atomic E-state index is 11.6. The highest BCUT2D eigenvalue weighted by Crippen LogP contribution is 2.16. The van der Waals surface area contributed by atoms with Gasteiger partial charge in [0.2, 0.25) is 0 Å². The Kier molecular flexibility index (Phi) is 8.29. The van der Waals surface area contributed by atoms with Crippen LogP contribution in [0.1, 0.15) is 38.4 Å². The molecule has 1 aromatic rings. The number of nitrogens with one attached hydrogen (secondary N) is 4. The number of amides is 3. The Morgan fingerprint density at radius 1 is 1.18 bits per heavy atom. The van der Waals surface area contributed by atoms with Crippen LogP contribution in [0.2, 0.25) is 0 Å². The van der Waals surface area contributed by atoms with E-state index in [9.17, 15) is 14.4 Å². The van der Waals surface area contributed by atoms with Crippen LogP contribution in [-0.4, -0.2) is 51.9 Å². The molecule has 6 N–H and O–H groups in total. The molecule has 11 nitrogen and oxygen atoms in total. The van der Waals surface area contributed by atoms with Gasteiger partial charge in [-0.1, -0.05) is 0 Å². The second kappa shape index (κ2) is 10.2. The normalized spacial score (nSPS) is 10.9. The van der Waals surface area contributed by atoms with E-state index < -0.39 is 30.2 Å². The van der Waals surface area contributed by atoms with Crippen LogP contribution < -0.4 is 21.3 Å². The molecule has 3 amide bonds. The van der Waals surface area contributed by atoms with E-state index in [0.29, 0.717) is 30.8 Å². The number of aryl methyl sites for hydroxylation is 2. The van der Waals surface area contributed by atoms with E-state index in [1.165, 1.54) is 0 Å². The monoisotopic (exact) mass is 397 g/mol. The van der Waals surface area contributed by atoms with Gasteiger partial charge in [0.1, 0.15) is 5.60 Å². The third kappa shape index (κ3) is 9.46. The van der Waals surface area contributed by atoms with E-state index >= 15 is 0 Å². The Hall–Kier alpha value is -3.24. The molecule has 0 spiro atoms. The number of anilines is 1. The molecule has 1 rings (SSSR count). The van der Waals surface area contributed by atoms with Crippen LogP contribution in [0.25, 0.3) is 0 Å². The van der Waals surface area contributed by atoms with Gasteiger partial charge < -0.3 is 25.6 Å².